The van der Waals surface area contributed by atoms with Crippen LogP contribution < -0.4 is 15.1 Å². The molecule has 1 aromatic carbocycles. The molecule has 0 spiro atoms. The molecule has 1 unspecified atom stereocenters. The van der Waals surface area contributed by atoms with Crippen molar-refractivity contribution in [2.24, 2.45) is 0 Å². The number of carbonyl (C=O) groups is 1. The summed E-state index contributed by atoms with van der Waals surface area (Å²) in [6, 6.07) is 6.24. The van der Waals surface area contributed by atoms with Gasteiger partial charge >= 0.3 is 0 Å². The van der Waals surface area contributed by atoms with Gasteiger partial charge in [-0.25, -0.2) is 13.1 Å². The number of sulfonamides is 1. The summed E-state index contributed by atoms with van der Waals surface area (Å²) in [7, 11) is 2.21. The van der Waals surface area contributed by atoms with Crippen LogP contribution in [0.15, 0.2) is 24.3 Å². The zero-order chi connectivity index (χ0) is 13.3. The van der Waals surface area contributed by atoms with Crippen molar-refractivity contribution in [2.45, 2.75) is 12.5 Å². The molecule has 0 aliphatic carbocycles. The second-order valence-electron chi connectivity index (χ2n) is 4.31. The maximum absolute atomic E-state index is 12.0. The molecule has 0 aromatic heterocycles. The lowest BCUT2D eigenvalue weighted by atomic mass is 9.96. The third kappa shape index (κ3) is 2.91. The first kappa shape index (κ1) is 13.1. The number of hydrogen-bond donors (Lipinski definition) is 1. The molecule has 1 N–H and O–H groups in total. The molecule has 94 valence electrons. The molecule has 1 aromatic rings. The van der Waals surface area contributed by atoms with Crippen LogP contribution in [0.3, 0.4) is 0 Å². The van der Waals surface area contributed by atoms with Gasteiger partial charge in [0.1, 0.15) is 13.9 Å². The van der Waals surface area contributed by atoms with Gasteiger partial charge in [-0.3, -0.25) is 4.79 Å². The van der Waals surface area contributed by atoms with E-state index >= 15 is 0 Å². The van der Waals surface area contributed by atoms with E-state index in [0.29, 0.717) is 18.4 Å². The number of anilines is 1. The van der Waals surface area contributed by atoms with E-state index in [1.807, 2.05) is 0 Å². The van der Waals surface area contributed by atoms with Crippen molar-refractivity contribution in [2.75, 3.05) is 17.7 Å². The topological polar surface area (TPSA) is 66.5 Å². The van der Waals surface area contributed by atoms with Crippen molar-refractivity contribution in [3.05, 3.63) is 24.3 Å². The van der Waals surface area contributed by atoms with Crippen LogP contribution >= 0.6 is 0 Å². The highest BCUT2D eigenvalue weighted by atomic mass is 32.2. The first-order valence-corrected chi connectivity index (χ1v) is 7.40. The van der Waals surface area contributed by atoms with Gasteiger partial charge in [-0.2, -0.15) is 0 Å². The van der Waals surface area contributed by atoms with E-state index in [1.165, 1.54) is 0 Å². The van der Waals surface area contributed by atoms with Crippen LogP contribution in [-0.4, -0.2) is 41.0 Å². The Kier molecular flexibility index (Phi) is 3.45. The summed E-state index contributed by atoms with van der Waals surface area (Å²) in [5.74, 6) is -0.231. The van der Waals surface area contributed by atoms with Crippen molar-refractivity contribution in [3.8, 4) is 0 Å². The molecule has 2 radical (unpaired) electrons. The van der Waals surface area contributed by atoms with Gasteiger partial charge in [0.25, 0.3) is 0 Å². The Labute approximate surface area is 108 Å². The number of carbonyl (C=O) groups excluding carboxylic acids is 1. The Hall–Kier alpha value is -1.34. The number of hydrogen-bond acceptors (Lipinski definition) is 3. The predicted molar refractivity (Wildman–Crippen MR) is 70.6 cm³/mol. The molecule has 1 saturated heterocycles. The van der Waals surface area contributed by atoms with Gasteiger partial charge in [0, 0.05) is 12.2 Å². The first-order chi connectivity index (χ1) is 8.37. The van der Waals surface area contributed by atoms with Crippen LogP contribution in [-0.2, 0) is 14.8 Å². The van der Waals surface area contributed by atoms with Gasteiger partial charge in [-0.1, -0.05) is 17.6 Å². The van der Waals surface area contributed by atoms with Crippen molar-refractivity contribution < 1.29 is 13.2 Å². The second kappa shape index (κ2) is 4.74. The first-order valence-electron chi connectivity index (χ1n) is 5.51. The maximum Gasteiger partial charge on any atom is 0.245 e. The van der Waals surface area contributed by atoms with E-state index in [4.69, 9.17) is 7.85 Å². The summed E-state index contributed by atoms with van der Waals surface area (Å²) in [6.07, 6.45) is 1.52. The van der Waals surface area contributed by atoms with Gasteiger partial charge < -0.3 is 4.90 Å². The Morgan fingerprint density at radius 1 is 1.33 bits per heavy atom. The lowest BCUT2D eigenvalue weighted by Crippen LogP contribution is -2.41. The number of nitrogens with zero attached hydrogens (tertiary/aromatic N) is 1. The number of benzene rings is 1. The molecular formula is C11H13BN2O3S. The van der Waals surface area contributed by atoms with Crippen LogP contribution in [0.1, 0.15) is 6.42 Å². The zero-order valence-electron chi connectivity index (χ0n) is 9.96. The standard InChI is InChI=1S/C11H13BN2O3S/c1-18(16,17)13-10-6-7-14(11(10)15)9-4-2-8(12)3-5-9/h2-5,10,13H,6-7H2,1H3. The van der Waals surface area contributed by atoms with E-state index in [9.17, 15) is 13.2 Å². The number of nitrogens with one attached hydrogen (secondary N) is 1. The van der Waals surface area contributed by atoms with Crippen molar-refractivity contribution in [1.82, 2.24) is 4.72 Å². The summed E-state index contributed by atoms with van der Waals surface area (Å²) >= 11 is 0. The molecular weight excluding hydrogens is 251 g/mol. The molecule has 18 heavy (non-hydrogen) atoms. The van der Waals surface area contributed by atoms with Crippen LogP contribution in [0, 0.1) is 0 Å². The minimum Gasteiger partial charge on any atom is -0.311 e. The smallest absolute Gasteiger partial charge is 0.245 e. The van der Waals surface area contributed by atoms with Crippen molar-refractivity contribution in [1.29, 1.82) is 0 Å². The minimum absolute atomic E-state index is 0.231. The fourth-order valence-electron chi connectivity index (χ4n) is 1.96. The SMILES string of the molecule is [B]c1ccc(N2CCC(NS(C)(=O)=O)C2=O)cc1. The summed E-state index contributed by atoms with van der Waals surface area (Å²) in [5, 5.41) is 0. The minimum atomic E-state index is -3.37. The quantitative estimate of drug-likeness (QED) is 0.722. The molecule has 0 bridgehead atoms. The fourth-order valence-corrected chi connectivity index (χ4v) is 2.69. The second-order valence-corrected chi connectivity index (χ2v) is 6.09. The monoisotopic (exact) mass is 264 g/mol. The van der Waals surface area contributed by atoms with Crippen LogP contribution in [0.25, 0.3) is 0 Å². The molecule has 1 heterocycles. The summed E-state index contributed by atoms with van der Waals surface area (Å²) in [4.78, 5) is 13.6. The van der Waals surface area contributed by atoms with E-state index in [1.54, 1.807) is 29.2 Å². The lowest BCUT2D eigenvalue weighted by molar-refractivity contribution is -0.118. The molecule has 2 rings (SSSR count). The molecule has 1 aliphatic heterocycles. The predicted octanol–water partition coefficient (Wildman–Crippen LogP) is -0.865. The van der Waals surface area contributed by atoms with Gasteiger partial charge in [0.05, 0.1) is 6.26 Å². The average molecular weight is 264 g/mol. The summed E-state index contributed by atoms with van der Waals surface area (Å²) in [6.45, 7) is 0.496. The van der Waals surface area contributed by atoms with E-state index < -0.39 is 16.1 Å². The number of amides is 1. The number of rotatable bonds is 3. The van der Waals surface area contributed by atoms with Gasteiger partial charge in [-0.05, 0) is 18.6 Å². The fraction of sp³-hybridized carbons (Fsp3) is 0.364. The van der Waals surface area contributed by atoms with Crippen LogP contribution in [0.4, 0.5) is 5.69 Å². The normalized spacial score (nSPS) is 20.4. The Morgan fingerprint density at radius 3 is 2.50 bits per heavy atom. The Bertz CT molecular complexity index is 556. The Balaban J connectivity index is 2.14. The van der Waals surface area contributed by atoms with E-state index in [0.717, 1.165) is 11.9 Å². The van der Waals surface area contributed by atoms with Crippen LogP contribution in [0.5, 0.6) is 0 Å². The molecule has 0 saturated carbocycles. The highest BCUT2D eigenvalue weighted by Gasteiger charge is 2.34. The Morgan fingerprint density at radius 2 is 1.94 bits per heavy atom. The third-order valence-electron chi connectivity index (χ3n) is 2.77. The highest BCUT2D eigenvalue weighted by Crippen LogP contribution is 2.20. The molecule has 1 amide bonds. The van der Waals surface area contributed by atoms with E-state index in [2.05, 4.69) is 4.72 Å². The van der Waals surface area contributed by atoms with Gasteiger partial charge in [0.15, 0.2) is 0 Å². The van der Waals surface area contributed by atoms with Gasteiger partial charge in [-0.15, -0.1) is 0 Å². The maximum atomic E-state index is 12.0. The summed E-state index contributed by atoms with van der Waals surface area (Å²) in [5.41, 5.74) is 1.35. The molecule has 1 atom stereocenters. The van der Waals surface area contributed by atoms with Crippen molar-refractivity contribution >= 4 is 34.9 Å². The van der Waals surface area contributed by atoms with Gasteiger partial charge in [0.2, 0.25) is 15.9 Å². The molecule has 1 aliphatic rings. The average Bonchev–Trinajstić information content (AvgIpc) is 2.60. The van der Waals surface area contributed by atoms with Crippen LogP contribution in [0.2, 0.25) is 0 Å². The molecule has 1 fully saturated rings. The summed E-state index contributed by atoms with van der Waals surface area (Å²) < 4.78 is 24.6. The zero-order valence-corrected chi connectivity index (χ0v) is 10.8. The third-order valence-corrected chi connectivity index (χ3v) is 3.48. The highest BCUT2D eigenvalue weighted by molar-refractivity contribution is 7.88. The molecule has 7 heteroatoms. The molecule has 5 nitrogen and oxygen atoms in total. The van der Waals surface area contributed by atoms with Crippen molar-refractivity contribution in [3.63, 3.8) is 0 Å². The van der Waals surface area contributed by atoms with E-state index in [-0.39, 0.29) is 5.91 Å². The lowest BCUT2D eigenvalue weighted by Gasteiger charge is -2.17. The largest absolute Gasteiger partial charge is 0.311 e.